The molecule has 0 aliphatic rings. The Morgan fingerprint density at radius 1 is 0.471 bits per heavy atom. The van der Waals surface area contributed by atoms with Crippen molar-refractivity contribution < 1.29 is 42.1 Å². The molecule has 2 atom stereocenters. The molecule has 0 aromatic heterocycles. The number of phosphoric ester groups is 1. The van der Waals surface area contributed by atoms with Crippen molar-refractivity contribution in [2.45, 2.75) is 200 Å². The van der Waals surface area contributed by atoms with Crippen LogP contribution in [0.3, 0.4) is 0 Å². The van der Waals surface area contributed by atoms with E-state index in [-0.39, 0.29) is 26.1 Å². The molecule has 10 heteroatoms. The van der Waals surface area contributed by atoms with Gasteiger partial charge in [-0.3, -0.25) is 14.2 Å². The van der Waals surface area contributed by atoms with Crippen LogP contribution < -0.4 is 4.89 Å². The minimum atomic E-state index is -4.64. The van der Waals surface area contributed by atoms with Crippen LogP contribution in [0.1, 0.15) is 194 Å². The molecule has 0 heterocycles. The Morgan fingerprint density at radius 2 is 0.838 bits per heavy atom. The van der Waals surface area contributed by atoms with Gasteiger partial charge in [-0.25, -0.2) is 0 Å². The van der Waals surface area contributed by atoms with Gasteiger partial charge in [0.25, 0.3) is 7.82 Å². The van der Waals surface area contributed by atoms with Gasteiger partial charge in [-0.05, 0) is 103 Å². The summed E-state index contributed by atoms with van der Waals surface area (Å²) in [6.07, 6.45) is 67.0. The van der Waals surface area contributed by atoms with Crippen LogP contribution in [0.15, 0.2) is 109 Å². The summed E-state index contributed by atoms with van der Waals surface area (Å²) in [5.74, 6) is -0.870. The van der Waals surface area contributed by atoms with Crippen LogP contribution in [0.4, 0.5) is 0 Å². The van der Waals surface area contributed by atoms with Gasteiger partial charge < -0.3 is 27.9 Å². The van der Waals surface area contributed by atoms with Crippen LogP contribution >= 0.6 is 7.82 Å². The summed E-state index contributed by atoms with van der Waals surface area (Å²) >= 11 is 0. The number of hydrogen-bond acceptors (Lipinski definition) is 8. The van der Waals surface area contributed by atoms with E-state index in [9.17, 15) is 19.0 Å². The fraction of sp³-hybridized carbons (Fsp3) is 0.655. The molecular formula is C58H98NO8P. The molecule has 0 N–H and O–H groups in total. The van der Waals surface area contributed by atoms with Gasteiger partial charge in [-0.1, -0.05) is 187 Å². The monoisotopic (exact) mass is 968 g/mol. The van der Waals surface area contributed by atoms with Gasteiger partial charge in [0.2, 0.25) is 0 Å². The highest BCUT2D eigenvalue weighted by molar-refractivity contribution is 7.45. The number of allylic oxidation sites excluding steroid dienone is 18. The minimum Gasteiger partial charge on any atom is -0.756 e. The Hall–Kier alpha value is -3.33. The average Bonchev–Trinajstić information content (AvgIpc) is 3.30. The minimum absolute atomic E-state index is 0.0410. The molecule has 0 saturated carbocycles. The van der Waals surface area contributed by atoms with Crippen molar-refractivity contribution in [2.24, 2.45) is 0 Å². The predicted molar refractivity (Wildman–Crippen MR) is 286 cm³/mol. The number of likely N-dealkylation sites (N-methyl/N-ethyl adjacent to an activating group) is 1. The second kappa shape index (κ2) is 48.7. The molecule has 0 radical (unpaired) electrons. The number of hydrogen-bond donors (Lipinski definition) is 0. The van der Waals surface area contributed by atoms with Crippen LogP contribution in [0.2, 0.25) is 0 Å². The first-order valence-electron chi connectivity index (χ1n) is 26.6. The van der Waals surface area contributed by atoms with Gasteiger partial charge in [-0.15, -0.1) is 0 Å². The van der Waals surface area contributed by atoms with Gasteiger partial charge in [-0.2, -0.15) is 0 Å². The molecule has 0 bridgehead atoms. The lowest BCUT2D eigenvalue weighted by molar-refractivity contribution is -0.870. The molecule has 0 aromatic carbocycles. The number of rotatable bonds is 47. The summed E-state index contributed by atoms with van der Waals surface area (Å²) in [7, 11) is 1.13. The number of ether oxygens (including phenoxy) is 2. The van der Waals surface area contributed by atoms with Crippen molar-refractivity contribution in [3.63, 3.8) is 0 Å². The molecule has 0 amide bonds. The first kappa shape index (κ1) is 64.7. The summed E-state index contributed by atoms with van der Waals surface area (Å²) in [5, 5.41) is 0. The van der Waals surface area contributed by atoms with Crippen LogP contribution in [0, 0.1) is 0 Å². The number of quaternary nitrogens is 1. The molecule has 0 spiro atoms. The lowest BCUT2D eigenvalue weighted by Crippen LogP contribution is -2.37. The highest BCUT2D eigenvalue weighted by Gasteiger charge is 2.21. The van der Waals surface area contributed by atoms with Crippen molar-refractivity contribution >= 4 is 19.8 Å². The van der Waals surface area contributed by atoms with E-state index < -0.39 is 32.5 Å². The maximum atomic E-state index is 12.7. The summed E-state index contributed by atoms with van der Waals surface area (Å²) < 4.78 is 34.0. The van der Waals surface area contributed by atoms with Crippen LogP contribution in [-0.4, -0.2) is 70.0 Å². The number of phosphoric acid groups is 1. The third-order valence-corrected chi connectivity index (χ3v) is 11.7. The molecule has 388 valence electrons. The molecule has 0 aliphatic carbocycles. The van der Waals surface area contributed by atoms with Gasteiger partial charge in [0.1, 0.15) is 19.8 Å². The van der Waals surface area contributed by atoms with E-state index in [0.717, 1.165) is 122 Å². The lowest BCUT2D eigenvalue weighted by Gasteiger charge is -2.28. The molecule has 0 aliphatic heterocycles. The second-order valence-corrected chi connectivity index (χ2v) is 19.9. The van der Waals surface area contributed by atoms with Crippen molar-refractivity contribution in [1.82, 2.24) is 0 Å². The molecule has 2 unspecified atom stereocenters. The Labute approximate surface area is 416 Å². The van der Waals surface area contributed by atoms with E-state index in [1.54, 1.807) is 0 Å². The summed E-state index contributed by atoms with van der Waals surface area (Å²) in [6.45, 7) is 4.05. The molecule has 0 rings (SSSR count). The van der Waals surface area contributed by atoms with Crippen LogP contribution in [-0.2, 0) is 32.7 Å². The summed E-state index contributed by atoms with van der Waals surface area (Å²) in [4.78, 5) is 37.7. The number of esters is 2. The highest BCUT2D eigenvalue weighted by Crippen LogP contribution is 2.38. The number of carbonyl (C=O) groups is 2. The van der Waals surface area contributed by atoms with Crippen molar-refractivity contribution in [1.29, 1.82) is 0 Å². The third-order valence-electron chi connectivity index (χ3n) is 10.8. The number of unbranched alkanes of at least 4 members (excludes halogenated alkanes) is 15. The largest absolute Gasteiger partial charge is 0.756 e. The molecule has 9 nitrogen and oxygen atoms in total. The lowest BCUT2D eigenvalue weighted by atomic mass is 10.1. The smallest absolute Gasteiger partial charge is 0.306 e. The quantitative estimate of drug-likeness (QED) is 0.0195. The average molecular weight is 968 g/mol. The molecule has 0 aromatic rings. The first-order valence-corrected chi connectivity index (χ1v) is 28.1. The van der Waals surface area contributed by atoms with E-state index in [1.165, 1.54) is 32.1 Å². The first-order chi connectivity index (χ1) is 33.0. The van der Waals surface area contributed by atoms with Crippen molar-refractivity contribution in [3.05, 3.63) is 109 Å². The van der Waals surface area contributed by atoms with Gasteiger partial charge in [0.05, 0.1) is 27.7 Å². The number of carbonyl (C=O) groups excluding carboxylic acids is 2. The standard InChI is InChI=1S/C58H98NO8P/c1-6-8-10-12-14-16-18-20-21-22-23-24-25-26-27-28-29-30-31-32-33-34-35-36-37-39-41-43-45-47-49-51-58(61)67-56(55-66-68(62,63)65-53-52-59(3,4)5)54-64-57(60)50-48-46-44-42-40-38-19-17-15-13-11-9-7-2/h8,10,14,16-17,19-21,23-24,26-27,29-30,32-33,35-36,56H,6-7,9,11-13,15,18,22,25,28,31,34,37-55H2,1-5H3/b10-8-,16-14-,19-17-,21-20-,24-23-,27-26-,30-29-,33-32-,36-35-. The molecular weight excluding hydrogens is 870 g/mol. The van der Waals surface area contributed by atoms with Crippen molar-refractivity contribution in [2.75, 3.05) is 47.5 Å². The fourth-order valence-corrected chi connectivity index (χ4v) is 7.39. The fourth-order valence-electron chi connectivity index (χ4n) is 6.66. The third kappa shape index (κ3) is 52.0. The maximum absolute atomic E-state index is 12.7. The predicted octanol–water partition coefficient (Wildman–Crippen LogP) is 15.6. The van der Waals surface area contributed by atoms with Crippen LogP contribution in [0.25, 0.3) is 0 Å². The zero-order chi connectivity index (χ0) is 49.9. The highest BCUT2D eigenvalue weighted by atomic mass is 31.2. The van der Waals surface area contributed by atoms with Gasteiger partial charge in [0.15, 0.2) is 6.10 Å². The Bertz CT molecular complexity index is 1520. The molecule has 68 heavy (non-hydrogen) atoms. The summed E-state index contributed by atoms with van der Waals surface area (Å²) in [6, 6.07) is 0. The summed E-state index contributed by atoms with van der Waals surface area (Å²) in [5.41, 5.74) is 0. The van der Waals surface area contributed by atoms with Crippen molar-refractivity contribution in [3.8, 4) is 0 Å². The Kier molecular flexibility index (Phi) is 46.3. The van der Waals surface area contributed by atoms with Gasteiger partial charge in [0, 0.05) is 12.8 Å². The SMILES string of the molecule is CC/C=C\C/C=C\C/C=C\C/C=C\C/C=C\C/C=C\C/C=C\C/C=C\CCCCCCCCC(=O)OC(COC(=O)CCCCCCC/C=C\CCCCCC)COP(=O)([O-])OCC[N+](C)(C)C. The van der Waals surface area contributed by atoms with Crippen LogP contribution in [0.5, 0.6) is 0 Å². The maximum Gasteiger partial charge on any atom is 0.306 e. The number of nitrogens with zero attached hydrogens (tertiary/aromatic N) is 1. The second-order valence-electron chi connectivity index (χ2n) is 18.5. The van der Waals surface area contributed by atoms with Gasteiger partial charge >= 0.3 is 11.9 Å². The Balaban J connectivity index is 4.25. The van der Waals surface area contributed by atoms with E-state index in [2.05, 4.69) is 123 Å². The van der Waals surface area contributed by atoms with E-state index in [0.29, 0.717) is 23.9 Å². The zero-order valence-corrected chi connectivity index (χ0v) is 44.7. The molecule has 0 saturated heterocycles. The van der Waals surface area contributed by atoms with E-state index in [1.807, 2.05) is 21.1 Å². The van der Waals surface area contributed by atoms with E-state index in [4.69, 9.17) is 18.5 Å². The Morgan fingerprint density at radius 3 is 1.26 bits per heavy atom. The normalized spacial score (nSPS) is 14.3. The zero-order valence-electron chi connectivity index (χ0n) is 43.8. The topological polar surface area (TPSA) is 111 Å². The molecule has 0 fully saturated rings. The van der Waals surface area contributed by atoms with E-state index >= 15 is 0 Å².